The Morgan fingerprint density at radius 2 is 2.00 bits per heavy atom. The average molecular weight is 242 g/mol. The molecule has 0 amide bonds. The SMILES string of the molecule is Cn1nc(-c2ccccc2)nc1C1CCCC1N. The number of benzene rings is 1. The van der Waals surface area contributed by atoms with Crippen LogP contribution in [-0.4, -0.2) is 20.8 Å². The van der Waals surface area contributed by atoms with Crippen molar-refractivity contribution in [3.63, 3.8) is 0 Å². The fraction of sp³-hybridized carbons (Fsp3) is 0.429. The normalized spacial score (nSPS) is 23.4. The summed E-state index contributed by atoms with van der Waals surface area (Å²) < 4.78 is 1.89. The lowest BCUT2D eigenvalue weighted by Crippen LogP contribution is -2.25. The Morgan fingerprint density at radius 1 is 1.22 bits per heavy atom. The van der Waals surface area contributed by atoms with Crippen LogP contribution in [0.4, 0.5) is 0 Å². The summed E-state index contributed by atoms with van der Waals surface area (Å²) >= 11 is 0. The zero-order valence-electron chi connectivity index (χ0n) is 10.6. The second-order valence-electron chi connectivity index (χ2n) is 4.98. The van der Waals surface area contributed by atoms with E-state index in [1.165, 1.54) is 6.42 Å². The molecular formula is C14H18N4. The molecular weight excluding hydrogens is 224 g/mol. The first-order valence-electron chi connectivity index (χ1n) is 6.47. The Balaban J connectivity index is 1.96. The standard InChI is InChI=1S/C14H18N4/c1-18-14(11-8-5-9-12(11)15)16-13(17-18)10-6-3-2-4-7-10/h2-4,6-7,11-12H,5,8-9,15H2,1H3. The predicted octanol–water partition coefficient (Wildman–Crippen LogP) is 2.08. The third-order valence-corrected chi connectivity index (χ3v) is 3.73. The lowest BCUT2D eigenvalue weighted by Gasteiger charge is -2.13. The number of rotatable bonds is 2. The van der Waals surface area contributed by atoms with E-state index in [1.54, 1.807) is 0 Å². The minimum atomic E-state index is 0.233. The molecule has 1 aromatic carbocycles. The van der Waals surface area contributed by atoms with Crippen molar-refractivity contribution >= 4 is 0 Å². The monoisotopic (exact) mass is 242 g/mol. The summed E-state index contributed by atoms with van der Waals surface area (Å²) in [4.78, 5) is 4.68. The molecule has 1 aliphatic rings. The van der Waals surface area contributed by atoms with Crippen LogP contribution < -0.4 is 5.73 Å². The molecule has 0 spiro atoms. The first-order valence-corrected chi connectivity index (χ1v) is 6.47. The third-order valence-electron chi connectivity index (χ3n) is 3.73. The average Bonchev–Trinajstić information content (AvgIpc) is 2.96. The van der Waals surface area contributed by atoms with Gasteiger partial charge in [-0.2, -0.15) is 5.10 Å². The van der Waals surface area contributed by atoms with Crippen molar-refractivity contribution in [3.8, 4) is 11.4 Å². The van der Waals surface area contributed by atoms with Crippen LogP contribution in [-0.2, 0) is 7.05 Å². The van der Waals surface area contributed by atoms with E-state index in [0.29, 0.717) is 5.92 Å². The van der Waals surface area contributed by atoms with Gasteiger partial charge < -0.3 is 5.73 Å². The molecule has 3 rings (SSSR count). The Morgan fingerprint density at radius 3 is 2.67 bits per heavy atom. The van der Waals surface area contributed by atoms with Crippen molar-refractivity contribution in [2.45, 2.75) is 31.2 Å². The van der Waals surface area contributed by atoms with Crippen molar-refractivity contribution in [3.05, 3.63) is 36.2 Å². The lowest BCUT2D eigenvalue weighted by molar-refractivity contribution is 0.545. The van der Waals surface area contributed by atoms with E-state index in [2.05, 4.69) is 10.1 Å². The zero-order valence-corrected chi connectivity index (χ0v) is 10.6. The predicted molar refractivity (Wildman–Crippen MR) is 71.0 cm³/mol. The van der Waals surface area contributed by atoms with Gasteiger partial charge in [-0.1, -0.05) is 36.8 Å². The highest BCUT2D eigenvalue weighted by Crippen LogP contribution is 2.32. The van der Waals surface area contributed by atoms with Gasteiger partial charge in [0, 0.05) is 24.6 Å². The van der Waals surface area contributed by atoms with Gasteiger partial charge in [-0.3, -0.25) is 4.68 Å². The minimum Gasteiger partial charge on any atom is -0.327 e. The van der Waals surface area contributed by atoms with Crippen molar-refractivity contribution in [2.75, 3.05) is 0 Å². The molecule has 0 bridgehead atoms. The van der Waals surface area contributed by atoms with E-state index < -0.39 is 0 Å². The molecule has 1 fully saturated rings. The van der Waals surface area contributed by atoms with Gasteiger partial charge in [0.2, 0.25) is 0 Å². The summed E-state index contributed by atoms with van der Waals surface area (Å²) in [6, 6.07) is 10.3. The highest BCUT2D eigenvalue weighted by atomic mass is 15.3. The van der Waals surface area contributed by atoms with Crippen molar-refractivity contribution < 1.29 is 0 Å². The summed E-state index contributed by atoms with van der Waals surface area (Å²) in [7, 11) is 1.96. The summed E-state index contributed by atoms with van der Waals surface area (Å²) in [5, 5.41) is 4.51. The van der Waals surface area contributed by atoms with Crippen LogP contribution in [0, 0.1) is 0 Å². The number of hydrogen-bond acceptors (Lipinski definition) is 3. The van der Waals surface area contributed by atoms with Crippen LogP contribution in [0.15, 0.2) is 30.3 Å². The van der Waals surface area contributed by atoms with Crippen LogP contribution in [0.1, 0.15) is 31.0 Å². The van der Waals surface area contributed by atoms with Gasteiger partial charge in [-0.05, 0) is 12.8 Å². The first kappa shape index (κ1) is 11.4. The van der Waals surface area contributed by atoms with Gasteiger partial charge in [0.1, 0.15) is 5.82 Å². The summed E-state index contributed by atoms with van der Waals surface area (Å²) in [6.07, 6.45) is 3.42. The minimum absolute atomic E-state index is 0.233. The molecule has 1 aliphatic carbocycles. The molecule has 2 aromatic rings. The summed E-state index contributed by atoms with van der Waals surface area (Å²) in [5.41, 5.74) is 7.21. The summed E-state index contributed by atoms with van der Waals surface area (Å²) in [5.74, 6) is 2.19. The largest absolute Gasteiger partial charge is 0.327 e. The zero-order chi connectivity index (χ0) is 12.5. The highest BCUT2D eigenvalue weighted by Gasteiger charge is 2.29. The first-order chi connectivity index (χ1) is 8.75. The molecule has 2 atom stereocenters. The second-order valence-corrected chi connectivity index (χ2v) is 4.98. The van der Waals surface area contributed by atoms with E-state index in [-0.39, 0.29) is 6.04 Å². The van der Waals surface area contributed by atoms with Crippen LogP contribution >= 0.6 is 0 Å². The van der Waals surface area contributed by atoms with E-state index in [1.807, 2.05) is 42.1 Å². The smallest absolute Gasteiger partial charge is 0.181 e. The molecule has 18 heavy (non-hydrogen) atoms. The van der Waals surface area contributed by atoms with Crippen molar-refractivity contribution in [2.24, 2.45) is 12.8 Å². The Hall–Kier alpha value is -1.68. The van der Waals surface area contributed by atoms with Gasteiger partial charge in [0.05, 0.1) is 0 Å². The Kier molecular flexibility index (Phi) is 2.88. The fourth-order valence-electron chi connectivity index (χ4n) is 2.74. The maximum Gasteiger partial charge on any atom is 0.181 e. The molecule has 1 saturated carbocycles. The van der Waals surface area contributed by atoms with Crippen LogP contribution in [0.2, 0.25) is 0 Å². The maximum atomic E-state index is 6.15. The number of nitrogens with two attached hydrogens (primary N) is 1. The molecule has 0 aliphatic heterocycles. The van der Waals surface area contributed by atoms with Gasteiger partial charge in [0.15, 0.2) is 5.82 Å². The van der Waals surface area contributed by atoms with Gasteiger partial charge in [-0.25, -0.2) is 4.98 Å². The Bertz CT molecular complexity index is 532. The number of aromatic nitrogens is 3. The molecule has 4 heteroatoms. The molecule has 94 valence electrons. The molecule has 2 unspecified atom stereocenters. The lowest BCUT2D eigenvalue weighted by atomic mass is 10.0. The molecule has 4 nitrogen and oxygen atoms in total. The van der Waals surface area contributed by atoms with Crippen LogP contribution in [0.5, 0.6) is 0 Å². The quantitative estimate of drug-likeness (QED) is 0.877. The fourth-order valence-corrected chi connectivity index (χ4v) is 2.74. The molecule has 2 N–H and O–H groups in total. The highest BCUT2D eigenvalue weighted by molar-refractivity contribution is 5.54. The molecule has 1 heterocycles. The molecule has 0 radical (unpaired) electrons. The van der Waals surface area contributed by atoms with Crippen molar-refractivity contribution in [1.82, 2.24) is 14.8 Å². The van der Waals surface area contributed by atoms with E-state index in [9.17, 15) is 0 Å². The van der Waals surface area contributed by atoms with E-state index in [0.717, 1.165) is 30.1 Å². The molecule has 1 aromatic heterocycles. The Labute approximate surface area is 107 Å². The van der Waals surface area contributed by atoms with Gasteiger partial charge >= 0.3 is 0 Å². The van der Waals surface area contributed by atoms with Gasteiger partial charge in [-0.15, -0.1) is 0 Å². The van der Waals surface area contributed by atoms with E-state index >= 15 is 0 Å². The molecule has 0 saturated heterocycles. The van der Waals surface area contributed by atoms with Crippen molar-refractivity contribution in [1.29, 1.82) is 0 Å². The summed E-state index contributed by atoms with van der Waals surface area (Å²) in [6.45, 7) is 0. The number of hydrogen-bond donors (Lipinski definition) is 1. The second kappa shape index (κ2) is 4.53. The van der Waals surface area contributed by atoms with E-state index in [4.69, 9.17) is 5.73 Å². The van der Waals surface area contributed by atoms with Crippen LogP contribution in [0.3, 0.4) is 0 Å². The number of aryl methyl sites for hydroxylation is 1. The van der Waals surface area contributed by atoms with Crippen LogP contribution in [0.25, 0.3) is 11.4 Å². The maximum absolute atomic E-state index is 6.15. The number of nitrogens with zero attached hydrogens (tertiary/aromatic N) is 3. The topological polar surface area (TPSA) is 56.7 Å². The van der Waals surface area contributed by atoms with Gasteiger partial charge in [0.25, 0.3) is 0 Å². The third kappa shape index (κ3) is 1.93.